The number of carbonyl (C=O) groups is 1. The van der Waals surface area contributed by atoms with Gasteiger partial charge in [-0.05, 0) is 25.0 Å². The van der Waals surface area contributed by atoms with Crippen LogP contribution in [0, 0.1) is 6.92 Å². The van der Waals surface area contributed by atoms with Gasteiger partial charge in [0.25, 0.3) is 0 Å². The highest BCUT2D eigenvalue weighted by atomic mass is 16.6. The summed E-state index contributed by atoms with van der Waals surface area (Å²) in [6, 6.07) is 12.2. The van der Waals surface area contributed by atoms with Crippen LogP contribution in [0.5, 0.6) is 5.88 Å². The highest BCUT2D eigenvalue weighted by molar-refractivity contribution is 5.79. The number of alkyl carbamates (subject to hydrolysis) is 1. The first-order valence-electron chi connectivity index (χ1n) is 11.1. The zero-order valence-electron chi connectivity index (χ0n) is 18.9. The number of carbonyl (C=O) groups excluding carboxylic acids is 1. The van der Waals surface area contributed by atoms with Gasteiger partial charge in [-0.2, -0.15) is 0 Å². The predicted molar refractivity (Wildman–Crippen MR) is 125 cm³/mol. The molecule has 1 amide bonds. The number of nitrogens with zero attached hydrogens (tertiary/aromatic N) is 3. The summed E-state index contributed by atoms with van der Waals surface area (Å²) in [5.74, 6) is 0.493. The third kappa shape index (κ3) is 7.85. The zero-order valence-corrected chi connectivity index (χ0v) is 18.9. The molecule has 1 aliphatic rings. The second-order valence-corrected chi connectivity index (χ2v) is 7.55. The van der Waals surface area contributed by atoms with E-state index in [0.717, 1.165) is 36.5 Å². The van der Waals surface area contributed by atoms with Crippen molar-refractivity contribution >= 4 is 18.0 Å². The molecule has 1 aromatic carbocycles. The lowest BCUT2D eigenvalue weighted by Gasteiger charge is -2.29. The molecule has 2 heterocycles. The Kier molecular flexibility index (Phi) is 9.31. The Morgan fingerprint density at radius 2 is 2.09 bits per heavy atom. The number of rotatable bonds is 10. The van der Waals surface area contributed by atoms with E-state index in [-0.39, 0.29) is 13.2 Å². The van der Waals surface area contributed by atoms with Gasteiger partial charge in [-0.15, -0.1) is 0 Å². The molecular formula is C24H32N4O4. The Labute approximate surface area is 189 Å². The summed E-state index contributed by atoms with van der Waals surface area (Å²) in [6.07, 6.45) is 2.29. The van der Waals surface area contributed by atoms with Gasteiger partial charge in [-0.1, -0.05) is 36.8 Å². The van der Waals surface area contributed by atoms with Crippen LogP contribution in [0.3, 0.4) is 0 Å². The summed E-state index contributed by atoms with van der Waals surface area (Å²) < 4.78 is 16.4. The van der Waals surface area contributed by atoms with E-state index in [4.69, 9.17) is 14.2 Å². The Morgan fingerprint density at radius 1 is 1.25 bits per heavy atom. The number of aromatic nitrogens is 1. The van der Waals surface area contributed by atoms with Crippen LogP contribution < -0.4 is 15.0 Å². The molecule has 32 heavy (non-hydrogen) atoms. The first kappa shape index (κ1) is 23.5. The van der Waals surface area contributed by atoms with Gasteiger partial charge in [0.15, 0.2) is 0 Å². The van der Waals surface area contributed by atoms with Crippen molar-refractivity contribution in [2.75, 3.05) is 51.0 Å². The van der Waals surface area contributed by atoms with Crippen molar-refractivity contribution in [1.82, 2.24) is 10.3 Å². The zero-order chi connectivity index (χ0) is 22.6. The van der Waals surface area contributed by atoms with Gasteiger partial charge in [-0.25, -0.2) is 9.78 Å². The lowest BCUT2D eigenvalue weighted by molar-refractivity contribution is 0.122. The fraction of sp³-hybridized carbons (Fsp3) is 0.458. The average molecular weight is 441 g/mol. The van der Waals surface area contributed by atoms with Crippen molar-refractivity contribution < 1.29 is 19.0 Å². The minimum absolute atomic E-state index is 0.153. The molecule has 0 saturated carbocycles. The molecule has 172 valence electrons. The van der Waals surface area contributed by atoms with Crippen LogP contribution in [0.15, 0.2) is 41.4 Å². The van der Waals surface area contributed by atoms with Crippen LogP contribution in [-0.2, 0) is 16.0 Å². The normalized spacial score (nSPS) is 13.9. The number of hydrogen-bond acceptors (Lipinski definition) is 7. The van der Waals surface area contributed by atoms with E-state index in [1.807, 2.05) is 37.4 Å². The molecule has 0 radical (unpaired) electrons. The topological polar surface area (TPSA) is 85.3 Å². The molecule has 8 heteroatoms. The van der Waals surface area contributed by atoms with E-state index < -0.39 is 6.09 Å². The van der Waals surface area contributed by atoms with Crippen LogP contribution in [-0.4, -0.2) is 63.4 Å². The Morgan fingerprint density at radius 3 is 2.88 bits per heavy atom. The Hall–Kier alpha value is -3.13. The van der Waals surface area contributed by atoms with Crippen LogP contribution in [0.25, 0.3) is 0 Å². The average Bonchev–Trinajstić information content (AvgIpc) is 2.81. The number of amides is 1. The molecular weight excluding hydrogens is 408 g/mol. The van der Waals surface area contributed by atoms with E-state index in [0.29, 0.717) is 32.2 Å². The van der Waals surface area contributed by atoms with E-state index in [1.165, 1.54) is 5.56 Å². The molecule has 0 bridgehead atoms. The number of pyridine rings is 1. The van der Waals surface area contributed by atoms with Crippen molar-refractivity contribution in [2.24, 2.45) is 4.99 Å². The number of ether oxygens (including phenoxy) is 3. The molecule has 8 nitrogen and oxygen atoms in total. The van der Waals surface area contributed by atoms with Gasteiger partial charge in [0.1, 0.15) is 13.2 Å². The number of aryl methyl sites for hydroxylation is 1. The monoisotopic (exact) mass is 440 g/mol. The van der Waals surface area contributed by atoms with Crippen molar-refractivity contribution in [2.45, 2.75) is 26.8 Å². The SMILES string of the molecule is CCCNC(=O)OCCOc1cc(N2CCOCC2)cc(CN=Cc2cccc(C)c2)n1. The van der Waals surface area contributed by atoms with Crippen molar-refractivity contribution in [1.29, 1.82) is 0 Å². The van der Waals surface area contributed by atoms with Gasteiger partial charge < -0.3 is 24.4 Å². The molecule has 1 aliphatic heterocycles. The summed E-state index contributed by atoms with van der Waals surface area (Å²) in [4.78, 5) is 23.0. The Bertz CT molecular complexity index is 897. The highest BCUT2D eigenvalue weighted by Gasteiger charge is 2.14. The van der Waals surface area contributed by atoms with Crippen molar-refractivity contribution in [3.05, 3.63) is 53.2 Å². The molecule has 1 saturated heterocycles. The van der Waals surface area contributed by atoms with Gasteiger partial charge in [-0.3, -0.25) is 4.99 Å². The molecule has 2 aromatic rings. The number of hydrogen-bond donors (Lipinski definition) is 1. The maximum absolute atomic E-state index is 11.5. The van der Waals surface area contributed by atoms with Crippen molar-refractivity contribution in [3.63, 3.8) is 0 Å². The highest BCUT2D eigenvalue weighted by Crippen LogP contribution is 2.23. The van der Waals surface area contributed by atoms with E-state index in [1.54, 1.807) is 0 Å². The first-order valence-corrected chi connectivity index (χ1v) is 11.1. The summed E-state index contributed by atoms with van der Waals surface area (Å²) >= 11 is 0. The molecule has 3 rings (SSSR count). The molecule has 0 aliphatic carbocycles. The second kappa shape index (κ2) is 12.7. The quantitative estimate of drug-likeness (QED) is 0.450. The van der Waals surface area contributed by atoms with Crippen LogP contribution in [0.1, 0.15) is 30.2 Å². The maximum Gasteiger partial charge on any atom is 0.407 e. The fourth-order valence-corrected chi connectivity index (χ4v) is 3.26. The predicted octanol–water partition coefficient (Wildman–Crippen LogP) is 3.36. The Balaban J connectivity index is 1.63. The van der Waals surface area contributed by atoms with Gasteiger partial charge >= 0.3 is 6.09 Å². The fourth-order valence-electron chi connectivity index (χ4n) is 3.26. The smallest absolute Gasteiger partial charge is 0.407 e. The van der Waals surface area contributed by atoms with E-state index >= 15 is 0 Å². The molecule has 1 N–H and O–H groups in total. The number of anilines is 1. The lowest BCUT2D eigenvalue weighted by Crippen LogP contribution is -2.36. The van der Waals surface area contributed by atoms with E-state index in [9.17, 15) is 4.79 Å². The number of nitrogens with one attached hydrogen (secondary N) is 1. The minimum atomic E-state index is -0.434. The van der Waals surface area contributed by atoms with E-state index in [2.05, 4.69) is 39.2 Å². The molecule has 0 spiro atoms. The van der Waals surface area contributed by atoms with Crippen LogP contribution in [0.2, 0.25) is 0 Å². The van der Waals surface area contributed by atoms with Gasteiger partial charge in [0.05, 0.1) is 25.5 Å². The molecule has 1 aromatic heterocycles. The summed E-state index contributed by atoms with van der Waals surface area (Å²) in [5.41, 5.74) is 4.10. The van der Waals surface area contributed by atoms with Crippen LogP contribution >= 0.6 is 0 Å². The number of benzene rings is 1. The lowest BCUT2D eigenvalue weighted by atomic mass is 10.1. The molecule has 1 fully saturated rings. The standard InChI is InChI=1S/C24H32N4O4/c1-3-7-26-24(29)32-13-12-31-23-16-22(28-8-10-30-11-9-28)15-21(27-23)18-25-17-20-6-4-5-19(2)14-20/h4-6,14-17H,3,7-13,18H2,1-2H3,(H,26,29). The minimum Gasteiger partial charge on any atom is -0.474 e. The molecule has 0 unspecified atom stereocenters. The van der Waals surface area contributed by atoms with Crippen molar-refractivity contribution in [3.8, 4) is 5.88 Å². The maximum atomic E-state index is 11.5. The van der Waals surface area contributed by atoms with Gasteiger partial charge in [0, 0.05) is 37.6 Å². The second-order valence-electron chi connectivity index (χ2n) is 7.55. The first-order chi connectivity index (χ1) is 15.6. The number of morpholine rings is 1. The third-order valence-corrected chi connectivity index (χ3v) is 4.84. The third-order valence-electron chi connectivity index (χ3n) is 4.84. The summed E-state index contributed by atoms with van der Waals surface area (Å²) in [5, 5.41) is 2.67. The van der Waals surface area contributed by atoms with Gasteiger partial charge in [0.2, 0.25) is 5.88 Å². The molecule has 0 atom stereocenters. The summed E-state index contributed by atoms with van der Waals surface area (Å²) in [6.45, 7) is 8.48. The summed E-state index contributed by atoms with van der Waals surface area (Å²) in [7, 11) is 0. The largest absolute Gasteiger partial charge is 0.474 e. The number of aliphatic imine (C=N–C) groups is 1. The van der Waals surface area contributed by atoms with Crippen LogP contribution in [0.4, 0.5) is 10.5 Å².